The number of aromatic nitrogens is 2. The van der Waals surface area contributed by atoms with E-state index in [2.05, 4.69) is 10.4 Å². The monoisotopic (exact) mass is 426 g/mol. The minimum atomic E-state index is -4.23. The first-order valence-corrected chi connectivity index (χ1v) is 10.2. The minimum absolute atomic E-state index is 0.0307. The molecule has 0 bridgehead atoms. The molecule has 3 rings (SSSR count). The van der Waals surface area contributed by atoms with E-state index in [1.54, 1.807) is 6.92 Å². The largest absolute Gasteiger partial charge is 0.478 e. The van der Waals surface area contributed by atoms with Gasteiger partial charge in [-0.2, -0.15) is 5.10 Å². The number of sulfonamides is 1. The Morgan fingerprint density at radius 3 is 2.64 bits per heavy atom. The highest BCUT2D eigenvalue weighted by Gasteiger charge is 2.32. The Morgan fingerprint density at radius 1 is 1.39 bits per heavy atom. The molecule has 2 aromatic rings. The molecule has 9 nitrogen and oxygen atoms in total. The topological polar surface area (TPSA) is 119 Å². The average molecular weight is 427 g/mol. The predicted octanol–water partition coefficient (Wildman–Crippen LogP) is 1.86. The number of aryl methyl sites for hydroxylation is 2. The average Bonchev–Trinajstić information content (AvgIpc) is 2.91. The van der Waals surface area contributed by atoms with Crippen LogP contribution < -0.4 is 14.8 Å². The molecule has 0 saturated heterocycles. The van der Waals surface area contributed by atoms with Crippen LogP contribution in [0.1, 0.15) is 29.9 Å². The van der Waals surface area contributed by atoms with Crippen LogP contribution in [0, 0.1) is 12.8 Å². The van der Waals surface area contributed by atoms with Crippen molar-refractivity contribution in [3.8, 4) is 5.75 Å². The van der Waals surface area contributed by atoms with Crippen molar-refractivity contribution in [3.63, 3.8) is 0 Å². The van der Waals surface area contributed by atoms with Gasteiger partial charge in [0.15, 0.2) is 6.10 Å². The summed E-state index contributed by atoms with van der Waals surface area (Å²) in [6.07, 6.45) is 0.504. The van der Waals surface area contributed by atoms with Gasteiger partial charge < -0.3 is 10.1 Å². The summed E-state index contributed by atoms with van der Waals surface area (Å²) >= 11 is 5.90. The highest BCUT2D eigenvalue weighted by atomic mass is 35.5. The second-order valence-electron chi connectivity index (χ2n) is 6.78. The van der Waals surface area contributed by atoms with Gasteiger partial charge in [-0.05, 0) is 24.5 Å². The van der Waals surface area contributed by atoms with Crippen molar-refractivity contribution in [2.75, 3.05) is 5.32 Å². The minimum Gasteiger partial charge on any atom is -0.478 e. The molecule has 1 aromatic heterocycles. The van der Waals surface area contributed by atoms with Gasteiger partial charge in [0.1, 0.15) is 11.4 Å². The number of halogens is 1. The number of carbonyl (C=O) groups is 2. The van der Waals surface area contributed by atoms with Crippen molar-refractivity contribution in [1.29, 1.82) is 0 Å². The third-order valence-electron chi connectivity index (χ3n) is 4.28. The fraction of sp³-hybridized carbons (Fsp3) is 0.353. The molecule has 0 radical (unpaired) electrons. The number of carbonyl (C=O) groups excluding carboxylic acids is 2. The number of hydrogen-bond donors (Lipinski definition) is 2. The number of benzene rings is 1. The summed E-state index contributed by atoms with van der Waals surface area (Å²) in [5, 5.41) is 6.56. The quantitative estimate of drug-likeness (QED) is 0.770. The van der Waals surface area contributed by atoms with Gasteiger partial charge in [-0.1, -0.05) is 25.4 Å². The zero-order valence-corrected chi connectivity index (χ0v) is 17.2. The lowest BCUT2D eigenvalue weighted by Crippen LogP contribution is -2.40. The molecule has 1 atom stereocenters. The van der Waals surface area contributed by atoms with Crippen molar-refractivity contribution in [3.05, 3.63) is 34.6 Å². The van der Waals surface area contributed by atoms with Gasteiger partial charge in [0.2, 0.25) is 0 Å². The molecule has 0 unspecified atom stereocenters. The fourth-order valence-corrected chi connectivity index (χ4v) is 4.33. The van der Waals surface area contributed by atoms with Crippen LogP contribution >= 0.6 is 11.6 Å². The zero-order chi connectivity index (χ0) is 20.8. The maximum absolute atomic E-state index is 12.8. The first-order chi connectivity index (χ1) is 13.0. The molecular weight excluding hydrogens is 408 g/mol. The normalized spacial score (nSPS) is 16.4. The maximum Gasteiger partial charge on any atom is 0.284 e. The van der Waals surface area contributed by atoms with E-state index in [1.807, 2.05) is 18.6 Å². The number of fused-ring (bicyclic) bond motifs is 1. The molecule has 1 aliphatic heterocycles. The molecule has 2 N–H and O–H groups in total. The number of hydrogen-bond acceptors (Lipinski definition) is 6. The lowest BCUT2D eigenvalue weighted by molar-refractivity contribution is -0.125. The van der Waals surface area contributed by atoms with Gasteiger partial charge in [-0.15, -0.1) is 0 Å². The number of nitrogens with one attached hydrogen (secondary N) is 2. The predicted molar refractivity (Wildman–Crippen MR) is 102 cm³/mol. The lowest BCUT2D eigenvalue weighted by Gasteiger charge is -2.29. The molecule has 28 heavy (non-hydrogen) atoms. The van der Waals surface area contributed by atoms with Crippen LogP contribution in [0.15, 0.2) is 23.2 Å². The van der Waals surface area contributed by atoms with Crippen LogP contribution in [0.2, 0.25) is 5.02 Å². The van der Waals surface area contributed by atoms with E-state index in [0.29, 0.717) is 11.3 Å². The molecule has 150 valence electrons. The Bertz CT molecular complexity index is 1060. The van der Waals surface area contributed by atoms with Gasteiger partial charge in [-0.3, -0.25) is 14.3 Å². The summed E-state index contributed by atoms with van der Waals surface area (Å²) < 4.78 is 34.5. The van der Waals surface area contributed by atoms with E-state index in [9.17, 15) is 18.0 Å². The first kappa shape index (κ1) is 20.2. The number of amides is 2. The summed E-state index contributed by atoms with van der Waals surface area (Å²) in [5.41, 5.74) is 0.630. The van der Waals surface area contributed by atoms with Gasteiger partial charge in [-0.25, -0.2) is 13.1 Å². The van der Waals surface area contributed by atoms with Crippen molar-refractivity contribution in [1.82, 2.24) is 14.5 Å². The van der Waals surface area contributed by atoms with Crippen molar-refractivity contribution >= 4 is 39.1 Å². The molecule has 0 spiro atoms. The third kappa shape index (κ3) is 3.57. The highest BCUT2D eigenvalue weighted by molar-refractivity contribution is 7.90. The summed E-state index contributed by atoms with van der Waals surface area (Å²) in [7, 11) is -2.75. The summed E-state index contributed by atoms with van der Waals surface area (Å²) in [4.78, 5) is 24.4. The zero-order valence-electron chi connectivity index (χ0n) is 15.6. The molecular formula is C17H19ClN4O5S. The highest BCUT2D eigenvalue weighted by Crippen LogP contribution is 2.35. The molecule has 0 saturated carbocycles. The van der Waals surface area contributed by atoms with Crippen LogP contribution in [-0.4, -0.2) is 36.1 Å². The molecule has 11 heteroatoms. The Kier molecular flexibility index (Phi) is 5.11. The Labute approximate surface area is 167 Å². The molecule has 1 aromatic carbocycles. The smallest absolute Gasteiger partial charge is 0.284 e. The number of nitrogens with zero attached hydrogens (tertiary/aromatic N) is 2. The second kappa shape index (κ2) is 7.10. The first-order valence-electron chi connectivity index (χ1n) is 8.38. The molecule has 1 aliphatic rings. The van der Waals surface area contributed by atoms with Crippen LogP contribution in [0.25, 0.3) is 0 Å². The Hall–Kier alpha value is -2.59. The number of ether oxygens (including phenoxy) is 1. The lowest BCUT2D eigenvalue weighted by atomic mass is 10.0. The molecule has 2 amide bonds. The van der Waals surface area contributed by atoms with Crippen LogP contribution in [0.5, 0.6) is 5.75 Å². The fourth-order valence-electron chi connectivity index (χ4n) is 2.88. The SMILES string of the molecule is Cc1cc2c(cc1S(=O)(=O)NC(=O)c1c(Cl)cnn1C)O[C@@H](C(C)C)C(=O)N2. The van der Waals surface area contributed by atoms with E-state index in [0.717, 1.165) is 0 Å². The summed E-state index contributed by atoms with van der Waals surface area (Å²) in [5.74, 6) is -1.09. The van der Waals surface area contributed by atoms with Crippen LogP contribution in [-0.2, 0) is 21.9 Å². The van der Waals surface area contributed by atoms with E-state index < -0.39 is 22.0 Å². The summed E-state index contributed by atoms with van der Waals surface area (Å²) in [6, 6.07) is 2.78. The van der Waals surface area contributed by atoms with Crippen LogP contribution in [0.3, 0.4) is 0 Å². The van der Waals surface area contributed by atoms with Crippen molar-refractivity contribution in [2.45, 2.75) is 31.8 Å². The van der Waals surface area contributed by atoms with Crippen LogP contribution in [0.4, 0.5) is 5.69 Å². The van der Waals surface area contributed by atoms with E-state index in [4.69, 9.17) is 16.3 Å². The van der Waals surface area contributed by atoms with Gasteiger partial charge in [0, 0.05) is 13.1 Å². The number of anilines is 1. The Balaban J connectivity index is 1.96. The van der Waals surface area contributed by atoms with E-state index >= 15 is 0 Å². The maximum atomic E-state index is 12.8. The summed E-state index contributed by atoms with van der Waals surface area (Å²) in [6.45, 7) is 5.19. The number of rotatable bonds is 4. The Morgan fingerprint density at radius 2 is 2.07 bits per heavy atom. The van der Waals surface area contributed by atoms with E-state index in [-0.39, 0.29) is 33.2 Å². The standard InChI is InChI=1S/C17H19ClN4O5S/c1-8(2)15-17(24)20-11-5-9(3)13(6-12(11)27-15)28(25,26)21-16(23)14-10(18)7-19-22(14)4/h5-8,15H,1-4H3,(H,20,24)(H,21,23)/t15-/m0/s1. The van der Waals surface area contributed by atoms with Gasteiger partial charge in [0.25, 0.3) is 21.8 Å². The van der Waals surface area contributed by atoms with Crippen molar-refractivity contribution < 1.29 is 22.7 Å². The van der Waals surface area contributed by atoms with Gasteiger partial charge in [0.05, 0.1) is 21.8 Å². The molecule has 0 aliphatic carbocycles. The van der Waals surface area contributed by atoms with Gasteiger partial charge >= 0.3 is 0 Å². The van der Waals surface area contributed by atoms with E-state index in [1.165, 1.54) is 30.1 Å². The molecule has 2 heterocycles. The van der Waals surface area contributed by atoms with Crippen molar-refractivity contribution in [2.24, 2.45) is 13.0 Å². The second-order valence-corrected chi connectivity index (χ2v) is 8.84. The third-order valence-corrected chi connectivity index (χ3v) is 6.03. The molecule has 0 fully saturated rings.